The SMILES string of the molecule is O=[N+]([O-])c1ccc(CC(Br)c2cc3ccccc3s2)cc1. The van der Waals surface area contributed by atoms with Gasteiger partial charge in [-0.1, -0.05) is 46.3 Å². The van der Waals surface area contributed by atoms with Gasteiger partial charge >= 0.3 is 0 Å². The molecular formula is C16H12BrNO2S. The van der Waals surface area contributed by atoms with Crippen LogP contribution in [0.3, 0.4) is 0 Å². The molecule has 3 rings (SSSR count). The van der Waals surface area contributed by atoms with Crippen LogP contribution >= 0.6 is 27.3 Å². The highest BCUT2D eigenvalue weighted by Crippen LogP contribution is 2.36. The Labute approximate surface area is 134 Å². The first-order valence-electron chi connectivity index (χ1n) is 6.49. The molecule has 1 aromatic heterocycles. The monoisotopic (exact) mass is 361 g/mol. The lowest BCUT2D eigenvalue weighted by atomic mass is 10.1. The van der Waals surface area contributed by atoms with Crippen molar-refractivity contribution in [3.63, 3.8) is 0 Å². The lowest BCUT2D eigenvalue weighted by Crippen LogP contribution is -1.94. The Morgan fingerprint density at radius 2 is 1.86 bits per heavy atom. The Morgan fingerprint density at radius 1 is 1.14 bits per heavy atom. The fourth-order valence-corrected chi connectivity index (χ4v) is 4.05. The van der Waals surface area contributed by atoms with Gasteiger partial charge < -0.3 is 0 Å². The van der Waals surface area contributed by atoms with Crippen LogP contribution in [0.4, 0.5) is 5.69 Å². The van der Waals surface area contributed by atoms with Crippen LogP contribution in [0.1, 0.15) is 15.3 Å². The average Bonchev–Trinajstić information content (AvgIpc) is 2.92. The molecule has 0 aliphatic heterocycles. The number of fused-ring (bicyclic) bond motifs is 1. The molecule has 0 amide bonds. The molecule has 1 unspecified atom stereocenters. The van der Waals surface area contributed by atoms with Gasteiger partial charge in [0.15, 0.2) is 0 Å². The van der Waals surface area contributed by atoms with Gasteiger partial charge in [-0.3, -0.25) is 10.1 Å². The van der Waals surface area contributed by atoms with Crippen LogP contribution in [0.25, 0.3) is 10.1 Å². The van der Waals surface area contributed by atoms with Crippen LogP contribution < -0.4 is 0 Å². The number of thiophene rings is 1. The molecule has 0 aliphatic carbocycles. The lowest BCUT2D eigenvalue weighted by Gasteiger charge is -2.07. The van der Waals surface area contributed by atoms with E-state index in [0.29, 0.717) is 0 Å². The zero-order valence-corrected chi connectivity index (χ0v) is 13.4. The molecular weight excluding hydrogens is 350 g/mol. The molecule has 0 aliphatic rings. The van der Waals surface area contributed by atoms with E-state index in [0.717, 1.165) is 12.0 Å². The van der Waals surface area contributed by atoms with Crippen molar-refractivity contribution in [1.82, 2.24) is 0 Å². The van der Waals surface area contributed by atoms with Crippen molar-refractivity contribution in [3.05, 3.63) is 75.2 Å². The maximum absolute atomic E-state index is 10.7. The molecule has 5 heteroatoms. The van der Waals surface area contributed by atoms with Gasteiger partial charge in [0.05, 0.1) is 9.75 Å². The van der Waals surface area contributed by atoms with E-state index in [1.807, 2.05) is 24.3 Å². The molecule has 1 atom stereocenters. The molecule has 0 bridgehead atoms. The zero-order valence-electron chi connectivity index (χ0n) is 11.0. The Hall–Kier alpha value is -1.72. The van der Waals surface area contributed by atoms with Crippen LogP contribution in [-0.2, 0) is 6.42 Å². The maximum atomic E-state index is 10.7. The molecule has 1 heterocycles. The summed E-state index contributed by atoms with van der Waals surface area (Å²) in [5, 5.41) is 11.9. The topological polar surface area (TPSA) is 43.1 Å². The number of nitrogens with zero attached hydrogens (tertiary/aromatic N) is 1. The van der Waals surface area contributed by atoms with E-state index >= 15 is 0 Å². The minimum Gasteiger partial charge on any atom is -0.258 e. The second kappa shape index (κ2) is 5.95. The fourth-order valence-electron chi connectivity index (χ4n) is 2.22. The first-order chi connectivity index (χ1) is 10.1. The van der Waals surface area contributed by atoms with Crippen molar-refractivity contribution < 1.29 is 4.92 Å². The van der Waals surface area contributed by atoms with Gasteiger partial charge in [-0.15, -0.1) is 11.3 Å². The van der Waals surface area contributed by atoms with Crippen LogP contribution in [0.5, 0.6) is 0 Å². The number of halogens is 1. The number of nitro benzene ring substituents is 1. The van der Waals surface area contributed by atoms with E-state index in [2.05, 4.69) is 34.1 Å². The Bertz CT molecular complexity index is 749. The predicted molar refractivity (Wildman–Crippen MR) is 90.3 cm³/mol. The van der Waals surface area contributed by atoms with Crippen LogP contribution in [0, 0.1) is 10.1 Å². The van der Waals surface area contributed by atoms with E-state index in [-0.39, 0.29) is 15.4 Å². The molecule has 106 valence electrons. The lowest BCUT2D eigenvalue weighted by molar-refractivity contribution is -0.384. The largest absolute Gasteiger partial charge is 0.269 e. The normalized spacial score (nSPS) is 12.4. The summed E-state index contributed by atoms with van der Waals surface area (Å²) in [5.41, 5.74) is 1.21. The Kier molecular flexibility index (Phi) is 4.03. The van der Waals surface area contributed by atoms with Gasteiger partial charge in [0.2, 0.25) is 0 Å². The van der Waals surface area contributed by atoms with E-state index in [1.165, 1.54) is 15.0 Å². The second-order valence-electron chi connectivity index (χ2n) is 4.78. The van der Waals surface area contributed by atoms with Crippen molar-refractivity contribution in [1.29, 1.82) is 0 Å². The third kappa shape index (κ3) is 3.14. The first kappa shape index (κ1) is 14.2. The van der Waals surface area contributed by atoms with Gasteiger partial charge in [0.1, 0.15) is 0 Å². The van der Waals surface area contributed by atoms with Gasteiger partial charge in [0.25, 0.3) is 5.69 Å². The summed E-state index contributed by atoms with van der Waals surface area (Å²) in [6, 6.07) is 17.3. The van der Waals surface area contributed by atoms with Gasteiger partial charge in [-0.25, -0.2) is 0 Å². The van der Waals surface area contributed by atoms with Crippen LogP contribution in [0.15, 0.2) is 54.6 Å². The van der Waals surface area contributed by atoms with Crippen molar-refractivity contribution in [2.75, 3.05) is 0 Å². The summed E-state index contributed by atoms with van der Waals surface area (Å²) in [5.74, 6) is 0. The van der Waals surface area contributed by atoms with Gasteiger partial charge in [0, 0.05) is 21.7 Å². The molecule has 0 radical (unpaired) electrons. The summed E-state index contributed by atoms with van der Waals surface area (Å²) in [7, 11) is 0. The minimum absolute atomic E-state index is 0.131. The predicted octanol–water partition coefficient (Wildman–Crippen LogP) is 5.49. The quantitative estimate of drug-likeness (QED) is 0.350. The highest BCUT2D eigenvalue weighted by Gasteiger charge is 2.13. The molecule has 3 aromatic rings. The summed E-state index contributed by atoms with van der Waals surface area (Å²) in [4.78, 5) is 11.8. The maximum Gasteiger partial charge on any atom is 0.269 e. The van der Waals surface area contributed by atoms with Gasteiger partial charge in [-0.2, -0.15) is 0 Å². The van der Waals surface area contributed by atoms with E-state index in [4.69, 9.17) is 0 Å². The number of rotatable bonds is 4. The van der Waals surface area contributed by atoms with E-state index in [1.54, 1.807) is 23.5 Å². The summed E-state index contributed by atoms with van der Waals surface area (Å²) >= 11 is 5.50. The van der Waals surface area contributed by atoms with Crippen molar-refractivity contribution >= 4 is 43.0 Å². The Morgan fingerprint density at radius 3 is 2.52 bits per heavy atom. The van der Waals surface area contributed by atoms with Crippen molar-refractivity contribution in [2.45, 2.75) is 11.2 Å². The summed E-state index contributed by atoms with van der Waals surface area (Å²) < 4.78 is 1.28. The highest BCUT2D eigenvalue weighted by molar-refractivity contribution is 9.09. The Balaban J connectivity index is 1.78. The third-order valence-electron chi connectivity index (χ3n) is 3.32. The standard InChI is InChI=1S/C16H12BrNO2S/c17-14(9-11-5-7-13(8-6-11)18(19)20)16-10-12-3-1-2-4-15(12)21-16/h1-8,10,14H,9H2. The third-order valence-corrected chi connectivity index (χ3v) is 5.67. The smallest absolute Gasteiger partial charge is 0.258 e. The summed E-state index contributed by atoms with van der Waals surface area (Å²) in [6.07, 6.45) is 0.810. The van der Waals surface area contributed by atoms with Crippen LogP contribution in [0.2, 0.25) is 0 Å². The number of hydrogen-bond donors (Lipinski definition) is 0. The molecule has 21 heavy (non-hydrogen) atoms. The van der Waals surface area contributed by atoms with Crippen LogP contribution in [-0.4, -0.2) is 4.92 Å². The fraction of sp³-hybridized carbons (Fsp3) is 0.125. The first-order valence-corrected chi connectivity index (χ1v) is 8.22. The molecule has 0 fully saturated rings. The number of hydrogen-bond acceptors (Lipinski definition) is 3. The highest BCUT2D eigenvalue weighted by atomic mass is 79.9. The second-order valence-corrected chi connectivity index (χ2v) is 7.00. The zero-order chi connectivity index (χ0) is 14.8. The number of non-ortho nitro benzene ring substituents is 1. The molecule has 0 saturated heterocycles. The van der Waals surface area contributed by atoms with E-state index in [9.17, 15) is 10.1 Å². The molecule has 3 nitrogen and oxygen atoms in total. The van der Waals surface area contributed by atoms with E-state index < -0.39 is 0 Å². The number of benzene rings is 2. The van der Waals surface area contributed by atoms with Crippen molar-refractivity contribution in [2.24, 2.45) is 0 Å². The van der Waals surface area contributed by atoms with Gasteiger partial charge in [-0.05, 0) is 29.5 Å². The number of alkyl halides is 1. The molecule has 0 N–H and O–H groups in total. The minimum atomic E-state index is -0.374. The molecule has 0 saturated carbocycles. The van der Waals surface area contributed by atoms with Crippen molar-refractivity contribution in [3.8, 4) is 0 Å². The average molecular weight is 362 g/mol. The summed E-state index contributed by atoms with van der Waals surface area (Å²) in [6.45, 7) is 0. The molecule has 0 spiro atoms. The number of nitro groups is 1. The molecule has 2 aromatic carbocycles.